The number of hydrogen-bond donors (Lipinski definition) is 0. The van der Waals surface area contributed by atoms with Gasteiger partial charge in [-0.1, -0.05) is 51.6 Å². The molecule has 0 spiro atoms. The van der Waals surface area contributed by atoms with E-state index in [1.54, 1.807) is 0 Å². The molecule has 0 radical (unpaired) electrons. The average molecular weight is 485 g/mol. The molecular weight excluding hydrogens is 460 g/mol. The van der Waals surface area contributed by atoms with Crippen molar-refractivity contribution < 1.29 is 0 Å². The fourth-order valence-corrected chi connectivity index (χ4v) is 6.50. The van der Waals surface area contributed by atoms with Crippen molar-refractivity contribution in [2.45, 2.75) is 58.9 Å². The van der Waals surface area contributed by atoms with Gasteiger partial charge >= 0.3 is 0 Å². The number of aryl methyl sites for hydroxylation is 2. The van der Waals surface area contributed by atoms with Crippen LogP contribution >= 0.6 is 47.8 Å². The third-order valence-electron chi connectivity index (χ3n) is 4.97. The molecule has 0 bridgehead atoms. The van der Waals surface area contributed by atoms with Crippen LogP contribution in [0.3, 0.4) is 0 Å². The zero-order valence-electron chi connectivity index (χ0n) is 13.0. The van der Waals surface area contributed by atoms with Crippen molar-refractivity contribution >= 4 is 47.8 Å². The summed E-state index contributed by atoms with van der Waals surface area (Å²) >= 11 is 11.5. The molecule has 1 aliphatic carbocycles. The first-order valence-corrected chi connectivity index (χ1v) is 11.0. The van der Waals surface area contributed by atoms with Crippen molar-refractivity contribution in [2.75, 3.05) is 10.7 Å². The van der Waals surface area contributed by atoms with E-state index in [-0.39, 0.29) is 0 Å². The molecule has 1 aromatic rings. The smallest absolute Gasteiger partial charge is 0.0766 e. The summed E-state index contributed by atoms with van der Waals surface area (Å²) in [6, 6.07) is 0. The van der Waals surface area contributed by atoms with E-state index in [1.807, 2.05) is 0 Å². The first kappa shape index (κ1) is 18.0. The minimum Gasteiger partial charge on any atom is -0.268 e. The molecule has 21 heavy (non-hydrogen) atoms. The summed E-state index contributed by atoms with van der Waals surface area (Å²) in [5.41, 5.74) is 2.87. The number of halogens is 3. The third kappa shape index (κ3) is 3.60. The van der Waals surface area contributed by atoms with Gasteiger partial charge in [-0.25, -0.2) is 0 Å². The Labute approximate surface area is 153 Å². The topological polar surface area (TPSA) is 17.8 Å². The summed E-state index contributed by atoms with van der Waals surface area (Å²) in [6.07, 6.45) is 7.60. The Kier molecular flexibility index (Phi) is 6.82. The monoisotopic (exact) mass is 482 g/mol. The molecule has 0 unspecified atom stereocenters. The quantitative estimate of drug-likeness (QED) is 0.451. The van der Waals surface area contributed by atoms with Gasteiger partial charge in [-0.2, -0.15) is 5.10 Å². The first-order valence-electron chi connectivity index (χ1n) is 7.97. The van der Waals surface area contributed by atoms with Crippen LogP contribution in [0, 0.1) is 11.3 Å². The van der Waals surface area contributed by atoms with E-state index in [1.165, 1.54) is 41.5 Å². The summed E-state index contributed by atoms with van der Waals surface area (Å²) in [4.78, 5) is 0. The molecule has 0 aliphatic heterocycles. The lowest BCUT2D eigenvalue weighted by Gasteiger charge is -2.36. The molecule has 2 rings (SSSR count). The lowest BCUT2D eigenvalue weighted by molar-refractivity contribution is 0.227. The van der Waals surface area contributed by atoms with E-state index < -0.39 is 0 Å². The molecule has 0 atom stereocenters. The van der Waals surface area contributed by atoms with Gasteiger partial charge in [0.1, 0.15) is 0 Å². The highest BCUT2D eigenvalue weighted by atomic mass is 79.9. The van der Waals surface area contributed by atoms with Crippen LogP contribution in [0.1, 0.15) is 50.9 Å². The second-order valence-electron chi connectivity index (χ2n) is 6.16. The summed E-state index contributed by atoms with van der Waals surface area (Å²) < 4.78 is 3.42. The Hall–Kier alpha value is 0.650. The van der Waals surface area contributed by atoms with Crippen molar-refractivity contribution in [1.82, 2.24) is 9.78 Å². The molecule has 0 saturated heterocycles. The maximum absolute atomic E-state index is 4.77. The molecule has 120 valence electrons. The number of aromatic nitrogens is 2. The lowest BCUT2D eigenvalue weighted by atomic mass is 9.74. The summed E-state index contributed by atoms with van der Waals surface area (Å²) in [7, 11) is 0. The van der Waals surface area contributed by atoms with Gasteiger partial charge < -0.3 is 0 Å². The van der Waals surface area contributed by atoms with E-state index in [0.717, 1.165) is 36.0 Å². The largest absolute Gasteiger partial charge is 0.268 e. The zero-order chi connectivity index (χ0) is 15.5. The van der Waals surface area contributed by atoms with Crippen LogP contribution in [0.25, 0.3) is 0 Å². The van der Waals surface area contributed by atoms with Gasteiger partial charge in [-0.05, 0) is 59.9 Å². The van der Waals surface area contributed by atoms with Crippen molar-refractivity contribution in [3.8, 4) is 0 Å². The number of rotatable bonds is 7. The minimum absolute atomic E-state index is 0.303. The maximum atomic E-state index is 4.77. The van der Waals surface area contributed by atoms with Crippen LogP contribution in [-0.2, 0) is 19.4 Å². The van der Waals surface area contributed by atoms with Gasteiger partial charge in [0.15, 0.2) is 0 Å². The molecule has 1 aliphatic rings. The molecule has 1 aromatic heterocycles. The van der Waals surface area contributed by atoms with Crippen molar-refractivity contribution in [1.29, 1.82) is 0 Å². The maximum Gasteiger partial charge on any atom is 0.0766 e. The van der Waals surface area contributed by atoms with Gasteiger partial charge in [-0.3, -0.25) is 4.68 Å². The Morgan fingerprint density at radius 1 is 1.19 bits per heavy atom. The van der Waals surface area contributed by atoms with Crippen molar-refractivity contribution in [3.63, 3.8) is 0 Å². The second kappa shape index (κ2) is 7.96. The molecule has 2 nitrogen and oxygen atoms in total. The Balaban J connectivity index is 2.34. The summed E-state index contributed by atoms with van der Waals surface area (Å²) in [5.74, 6) is 0.813. The van der Waals surface area contributed by atoms with Gasteiger partial charge in [0.2, 0.25) is 0 Å². The third-order valence-corrected chi connectivity index (χ3v) is 8.12. The van der Waals surface area contributed by atoms with E-state index >= 15 is 0 Å². The second-order valence-corrected chi connectivity index (χ2v) is 8.08. The number of hydrogen-bond acceptors (Lipinski definition) is 1. The summed E-state index contributed by atoms with van der Waals surface area (Å²) in [5, 5.41) is 6.87. The van der Waals surface area contributed by atoms with Crippen LogP contribution in [0.15, 0.2) is 4.47 Å². The average Bonchev–Trinajstić information content (AvgIpc) is 3.14. The molecule has 1 fully saturated rings. The molecule has 0 N–H and O–H groups in total. The molecule has 5 heteroatoms. The van der Waals surface area contributed by atoms with Crippen LogP contribution in [-0.4, -0.2) is 20.4 Å². The van der Waals surface area contributed by atoms with E-state index in [2.05, 4.69) is 66.3 Å². The van der Waals surface area contributed by atoms with Crippen LogP contribution in [0.4, 0.5) is 0 Å². The number of nitrogens with zero attached hydrogens (tertiary/aromatic N) is 2. The van der Waals surface area contributed by atoms with Crippen LogP contribution < -0.4 is 0 Å². The van der Waals surface area contributed by atoms with Crippen molar-refractivity contribution in [2.24, 2.45) is 11.3 Å². The normalized spacial score (nSPS) is 16.8. The SMILES string of the molecule is CCc1nn(CC)c(CC(CBr)(CBr)C2CCCC2)c1Br. The van der Waals surface area contributed by atoms with E-state index in [4.69, 9.17) is 5.10 Å². The molecule has 0 aromatic carbocycles. The molecule has 0 amide bonds. The highest BCUT2D eigenvalue weighted by Crippen LogP contribution is 2.45. The fourth-order valence-electron chi connectivity index (χ4n) is 3.55. The highest BCUT2D eigenvalue weighted by molar-refractivity contribution is 9.10. The van der Waals surface area contributed by atoms with Crippen LogP contribution in [0.5, 0.6) is 0 Å². The fraction of sp³-hybridized carbons (Fsp3) is 0.812. The van der Waals surface area contributed by atoms with Gasteiger partial charge in [-0.15, -0.1) is 0 Å². The summed E-state index contributed by atoms with van der Waals surface area (Å²) in [6.45, 7) is 5.30. The zero-order valence-corrected chi connectivity index (χ0v) is 17.7. The van der Waals surface area contributed by atoms with Gasteiger partial charge in [0.05, 0.1) is 15.9 Å². The van der Waals surface area contributed by atoms with E-state index in [9.17, 15) is 0 Å². The van der Waals surface area contributed by atoms with Gasteiger partial charge in [0.25, 0.3) is 0 Å². The Bertz CT molecular complexity index is 460. The molecule has 1 saturated carbocycles. The van der Waals surface area contributed by atoms with Crippen molar-refractivity contribution in [3.05, 3.63) is 15.9 Å². The van der Waals surface area contributed by atoms with E-state index in [0.29, 0.717) is 5.41 Å². The predicted molar refractivity (Wildman–Crippen MR) is 101 cm³/mol. The molecule has 1 heterocycles. The van der Waals surface area contributed by atoms with Gasteiger partial charge in [0, 0.05) is 17.2 Å². The van der Waals surface area contributed by atoms with Crippen LogP contribution in [0.2, 0.25) is 0 Å². The standard InChI is InChI=1S/C16H25Br3N2/c1-3-13-15(19)14(21(4-2)20-13)9-16(10-17,11-18)12-7-5-6-8-12/h12H,3-11H2,1-2H3. The number of alkyl halides is 2. The first-order chi connectivity index (χ1) is 10.1. The lowest BCUT2D eigenvalue weighted by Crippen LogP contribution is -2.36. The Morgan fingerprint density at radius 3 is 2.29 bits per heavy atom. The highest BCUT2D eigenvalue weighted by Gasteiger charge is 2.40. The molecular formula is C16H25Br3N2. The minimum atomic E-state index is 0.303. The Morgan fingerprint density at radius 2 is 1.81 bits per heavy atom. The predicted octanol–water partition coefficient (Wildman–Crippen LogP) is 5.74.